The lowest BCUT2D eigenvalue weighted by atomic mass is 9.82. The van der Waals surface area contributed by atoms with Crippen LogP contribution in [0.15, 0.2) is 23.7 Å². The van der Waals surface area contributed by atoms with Crippen molar-refractivity contribution in [1.82, 2.24) is 10.3 Å². The van der Waals surface area contributed by atoms with E-state index in [1.54, 1.807) is 6.20 Å². The van der Waals surface area contributed by atoms with Gasteiger partial charge in [0.2, 0.25) is 5.91 Å². The number of fused-ring (bicyclic) bond motifs is 2. The second kappa shape index (κ2) is 4.94. The summed E-state index contributed by atoms with van der Waals surface area (Å²) in [4.78, 5) is 28.3. The minimum Gasteiger partial charge on any atom is -0.481 e. The average molecular weight is 306 g/mol. The summed E-state index contributed by atoms with van der Waals surface area (Å²) in [5.41, 5.74) is -0.583. The van der Waals surface area contributed by atoms with Crippen LogP contribution in [-0.4, -0.2) is 22.0 Å². The highest BCUT2D eigenvalue weighted by Crippen LogP contribution is 2.48. The van der Waals surface area contributed by atoms with Crippen LogP contribution in [0, 0.1) is 23.7 Å². The average Bonchev–Trinajstić information content (AvgIpc) is 3.13. The zero-order valence-corrected chi connectivity index (χ0v) is 12.8. The summed E-state index contributed by atoms with van der Waals surface area (Å²) < 4.78 is 0. The molecule has 4 atom stereocenters. The summed E-state index contributed by atoms with van der Waals surface area (Å²) in [5, 5.41) is 15.1. The molecular weight excluding hydrogens is 288 g/mol. The number of carbonyl (C=O) groups excluding carboxylic acids is 1. The first kappa shape index (κ1) is 14.3. The number of rotatable bonds is 4. The number of nitrogens with zero attached hydrogens (tertiary/aromatic N) is 1. The number of nitrogens with one attached hydrogen (secondary N) is 1. The van der Waals surface area contributed by atoms with Crippen molar-refractivity contribution in [2.24, 2.45) is 23.7 Å². The van der Waals surface area contributed by atoms with E-state index >= 15 is 0 Å². The Morgan fingerprint density at radius 1 is 1.33 bits per heavy atom. The Morgan fingerprint density at radius 3 is 2.57 bits per heavy atom. The first-order chi connectivity index (χ1) is 9.90. The van der Waals surface area contributed by atoms with Gasteiger partial charge in [-0.05, 0) is 32.1 Å². The quantitative estimate of drug-likeness (QED) is 0.834. The molecule has 1 fully saturated rings. The van der Waals surface area contributed by atoms with Gasteiger partial charge in [-0.3, -0.25) is 9.59 Å². The predicted octanol–water partition coefficient (Wildman–Crippen LogP) is 2.02. The first-order valence-electron chi connectivity index (χ1n) is 7.03. The van der Waals surface area contributed by atoms with E-state index in [0.29, 0.717) is 0 Å². The van der Waals surface area contributed by atoms with Crippen molar-refractivity contribution in [1.29, 1.82) is 0 Å². The Morgan fingerprint density at radius 2 is 2.00 bits per heavy atom. The molecule has 2 bridgehead atoms. The Bertz CT molecular complexity index is 594. The maximum Gasteiger partial charge on any atom is 0.307 e. The van der Waals surface area contributed by atoms with E-state index < -0.39 is 23.3 Å². The third-order valence-electron chi connectivity index (χ3n) is 4.45. The van der Waals surface area contributed by atoms with Gasteiger partial charge in [0.1, 0.15) is 5.01 Å². The second-order valence-corrected chi connectivity index (χ2v) is 7.18. The molecule has 21 heavy (non-hydrogen) atoms. The highest BCUT2D eigenvalue weighted by molar-refractivity contribution is 7.09. The fourth-order valence-corrected chi connectivity index (χ4v) is 4.21. The molecule has 2 aliphatic carbocycles. The lowest BCUT2D eigenvalue weighted by molar-refractivity contribution is -0.148. The first-order valence-corrected chi connectivity index (χ1v) is 7.91. The molecule has 2 aliphatic rings. The summed E-state index contributed by atoms with van der Waals surface area (Å²) in [7, 11) is 0. The summed E-state index contributed by atoms with van der Waals surface area (Å²) in [6, 6.07) is 0. The van der Waals surface area contributed by atoms with E-state index in [1.165, 1.54) is 11.3 Å². The third-order valence-corrected chi connectivity index (χ3v) is 5.55. The van der Waals surface area contributed by atoms with Crippen molar-refractivity contribution < 1.29 is 14.7 Å². The zero-order chi connectivity index (χ0) is 15.2. The number of thiazole rings is 1. The van der Waals surface area contributed by atoms with Crippen LogP contribution in [0.5, 0.6) is 0 Å². The van der Waals surface area contributed by atoms with Gasteiger partial charge in [0.25, 0.3) is 0 Å². The van der Waals surface area contributed by atoms with Crippen LogP contribution in [-0.2, 0) is 15.1 Å². The molecule has 0 saturated heterocycles. The number of hydrogen-bond acceptors (Lipinski definition) is 4. The number of allylic oxidation sites excluding steroid dienone is 2. The van der Waals surface area contributed by atoms with Crippen molar-refractivity contribution in [2.45, 2.75) is 25.8 Å². The number of carboxylic acid groups (broad SMARTS) is 1. The number of aromatic nitrogens is 1. The highest BCUT2D eigenvalue weighted by Gasteiger charge is 2.52. The summed E-state index contributed by atoms with van der Waals surface area (Å²) >= 11 is 1.48. The van der Waals surface area contributed by atoms with Crippen LogP contribution in [0.1, 0.15) is 25.3 Å². The van der Waals surface area contributed by atoms with Gasteiger partial charge >= 0.3 is 5.97 Å². The normalized spacial score (nSPS) is 30.6. The molecule has 2 N–H and O–H groups in total. The number of aliphatic carboxylic acids is 1. The Hall–Kier alpha value is -1.69. The van der Waals surface area contributed by atoms with E-state index in [1.807, 2.05) is 31.4 Å². The van der Waals surface area contributed by atoms with E-state index in [4.69, 9.17) is 0 Å². The molecule has 1 amide bonds. The Labute approximate surface area is 127 Å². The lowest BCUT2D eigenvalue weighted by Crippen LogP contribution is -2.47. The minimum absolute atomic E-state index is 0.00812. The Balaban J connectivity index is 1.79. The summed E-state index contributed by atoms with van der Waals surface area (Å²) in [6.45, 7) is 3.78. The van der Waals surface area contributed by atoms with Gasteiger partial charge in [-0.2, -0.15) is 0 Å². The standard InChI is InChI=1S/C15H18N2O3S/c1-15(2,14-16-5-6-21-14)17-12(18)10-8-3-4-9(7-8)11(10)13(19)20/h3-6,8-11H,7H2,1-2H3,(H,17,18)(H,19,20). The van der Waals surface area contributed by atoms with Crippen molar-refractivity contribution in [3.05, 3.63) is 28.7 Å². The number of hydrogen-bond donors (Lipinski definition) is 2. The molecule has 6 heteroatoms. The molecule has 0 aliphatic heterocycles. The van der Waals surface area contributed by atoms with Gasteiger partial charge in [-0.25, -0.2) is 4.98 Å². The Kier molecular flexibility index (Phi) is 3.36. The van der Waals surface area contributed by atoms with Crippen LogP contribution >= 0.6 is 11.3 Å². The molecule has 0 radical (unpaired) electrons. The van der Waals surface area contributed by atoms with Gasteiger partial charge in [-0.1, -0.05) is 12.2 Å². The number of amides is 1. The van der Waals surface area contributed by atoms with E-state index in [0.717, 1.165) is 11.4 Å². The molecule has 1 aromatic heterocycles. The zero-order valence-electron chi connectivity index (χ0n) is 11.9. The maximum absolute atomic E-state index is 12.6. The number of carboxylic acids is 1. The van der Waals surface area contributed by atoms with Crippen LogP contribution in [0.4, 0.5) is 0 Å². The van der Waals surface area contributed by atoms with Crippen molar-refractivity contribution >= 4 is 23.2 Å². The van der Waals surface area contributed by atoms with E-state index in [-0.39, 0.29) is 17.7 Å². The summed E-state index contributed by atoms with van der Waals surface area (Å²) in [5.74, 6) is -2.10. The fourth-order valence-electron chi connectivity index (χ4n) is 3.49. The topological polar surface area (TPSA) is 79.3 Å². The van der Waals surface area contributed by atoms with Crippen LogP contribution in [0.3, 0.4) is 0 Å². The van der Waals surface area contributed by atoms with Gasteiger partial charge < -0.3 is 10.4 Å². The summed E-state index contributed by atoms with van der Waals surface area (Å²) in [6.07, 6.45) is 6.41. The minimum atomic E-state index is -0.876. The second-order valence-electron chi connectivity index (χ2n) is 6.29. The smallest absolute Gasteiger partial charge is 0.307 e. The van der Waals surface area contributed by atoms with Gasteiger partial charge in [0.15, 0.2) is 0 Å². The molecule has 112 valence electrons. The molecule has 0 spiro atoms. The van der Waals surface area contributed by atoms with Gasteiger partial charge in [-0.15, -0.1) is 11.3 Å². The fraction of sp³-hybridized carbons (Fsp3) is 0.533. The largest absolute Gasteiger partial charge is 0.481 e. The van der Waals surface area contributed by atoms with Gasteiger partial charge in [0.05, 0.1) is 17.4 Å². The van der Waals surface area contributed by atoms with E-state index in [2.05, 4.69) is 10.3 Å². The lowest BCUT2D eigenvalue weighted by Gasteiger charge is -2.30. The van der Waals surface area contributed by atoms with Crippen LogP contribution in [0.25, 0.3) is 0 Å². The molecule has 5 nitrogen and oxygen atoms in total. The molecule has 3 rings (SSSR count). The van der Waals surface area contributed by atoms with Crippen molar-refractivity contribution in [2.75, 3.05) is 0 Å². The monoisotopic (exact) mass is 306 g/mol. The number of carbonyl (C=O) groups is 2. The SMILES string of the molecule is CC(C)(NC(=O)C1C2C=CC(C2)C1C(=O)O)c1nccs1. The predicted molar refractivity (Wildman–Crippen MR) is 78.6 cm³/mol. The van der Waals surface area contributed by atoms with Crippen molar-refractivity contribution in [3.63, 3.8) is 0 Å². The molecular formula is C15H18N2O3S. The molecule has 1 saturated carbocycles. The van der Waals surface area contributed by atoms with Crippen LogP contribution in [0.2, 0.25) is 0 Å². The molecule has 1 heterocycles. The van der Waals surface area contributed by atoms with Crippen molar-refractivity contribution in [3.8, 4) is 0 Å². The van der Waals surface area contributed by atoms with E-state index in [9.17, 15) is 14.7 Å². The highest BCUT2D eigenvalue weighted by atomic mass is 32.1. The van der Waals surface area contributed by atoms with Gasteiger partial charge in [0, 0.05) is 11.6 Å². The molecule has 4 unspecified atom stereocenters. The molecule has 0 aromatic carbocycles. The molecule has 1 aromatic rings. The maximum atomic E-state index is 12.6. The third kappa shape index (κ3) is 2.37. The van der Waals surface area contributed by atoms with Crippen LogP contribution < -0.4 is 5.32 Å².